The molecule has 1 N–H and O–H groups in total. The van der Waals surface area contributed by atoms with Gasteiger partial charge in [-0.15, -0.1) is 0 Å². The first-order valence-electron chi connectivity index (χ1n) is 8.38. The van der Waals surface area contributed by atoms with Gasteiger partial charge >= 0.3 is 5.97 Å². The maximum atomic E-state index is 12.0. The minimum atomic E-state index is -0.383. The molecule has 7 nitrogen and oxygen atoms in total. The maximum Gasteiger partial charge on any atom is 0.338 e. The lowest BCUT2D eigenvalue weighted by Gasteiger charge is -2.02. The Balaban J connectivity index is 1.63. The molecule has 0 aliphatic rings. The lowest BCUT2D eigenvalue weighted by molar-refractivity contribution is 0.0526. The second kappa shape index (κ2) is 9.09. The van der Waals surface area contributed by atoms with Gasteiger partial charge in [-0.05, 0) is 53.2 Å². The van der Waals surface area contributed by atoms with Crippen LogP contribution in [-0.4, -0.2) is 29.7 Å². The summed E-state index contributed by atoms with van der Waals surface area (Å²) in [5, 5.41) is 3.89. The van der Waals surface area contributed by atoms with Crippen LogP contribution < -0.4 is 5.43 Å². The number of nitrogens with one attached hydrogen (secondary N) is 1. The zero-order chi connectivity index (χ0) is 19.9. The molecule has 28 heavy (non-hydrogen) atoms. The number of amides is 1. The molecule has 0 unspecified atom stereocenters. The van der Waals surface area contributed by atoms with Gasteiger partial charge < -0.3 is 9.15 Å². The quantitative estimate of drug-likeness (QED) is 0.353. The van der Waals surface area contributed by atoms with E-state index in [2.05, 4.69) is 31.4 Å². The molecule has 1 aromatic carbocycles. The number of halogens is 1. The van der Waals surface area contributed by atoms with Crippen LogP contribution in [0.4, 0.5) is 0 Å². The number of pyridine rings is 1. The second-order valence-electron chi connectivity index (χ2n) is 5.59. The number of ether oxygens (including phenoxy) is 1. The highest BCUT2D eigenvalue weighted by molar-refractivity contribution is 9.10. The Hall–Kier alpha value is -3.26. The zero-order valence-corrected chi connectivity index (χ0v) is 16.5. The van der Waals surface area contributed by atoms with E-state index in [4.69, 9.17) is 9.15 Å². The molecule has 0 aliphatic heterocycles. The first kappa shape index (κ1) is 19.5. The van der Waals surface area contributed by atoms with E-state index in [9.17, 15) is 9.59 Å². The number of furan rings is 1. The maximum absolute atomic E-state index is 12.0. The molecule has 0 spiro atoms. The number of hydrazone groups is 1. The van der Waals surface area contributed by atoms with Crippen molar-refractivity contribution in [3.05, 3.63) is 76.2 Å². The molecule has 142 valence electrons. The van der Waals surface area contributed by atoms with Gasteiger partial charge in [0.15, 0.2) is 0 Å². The molecule has 0 fully saturated rings. The Morgan fingerprint density at radius 1 is 1.18 bits per heavy atom. The van der Waals surface area contributed by atoms with Crippen molar-refractivity contribution >= 4 is 34.0 Å². The Morgan fingerprint density at radius 2 is 1.96 bits per heavy atom. The van der Waals surface area contributed by atoms with Gasteiger partial charge in [-0.1, -0.05) is 12.1 Å². The molecule has 1 amide bonds. The summed E-state index contributed by atoms with van der Waals surface area (Å²) in [6, 6.07) is 12.0. The van der Waals surface area contributed by atoms with E-state index in [1.165, 1.54) is 12.4 Å². The Kier molecular flexibility index (Phi) is 6.33. The number of nitrogens with zero attached hydrogens (tertiary/aromatic N) is 2. The molecule has 0 saturated heterocycles. The molecule has 3 rings (SSSR count). The monoisotopic (exact) mass is 441 g/mol. The summed E-state index contributed by atoms with van der Waals surface area (Å²) in [7, 11) is 0. The number of benzene rings is 1. The fraction of sp³-hybridized carbons (Fsp3) is 0.100. The van der Waals surface area contributed by atoms with Gasteiger partial charge in [0.1, 0.15) is 11.5 Å². The van der Waals surface area contributed by atoms with Crippen LogP contribution in [0.5, 0.6) is 0 Å². The average molecular weight is 442 g/mol. The molecular weight excluding hydrogens is 426 g/mol. The van der Waals surface area contributed by atoms with Crippen molar-refractivity contribution in [2.24, 2.45) is 5.10 Å². The van der Waals surface area contributed by atoms with Crippen molar-refractivity contribution in [2.45, 2.75) is 6.92 Å². The Labute approximate surface area is 169 Å². The molecule has 2 aromatic heterocycles. The molecule has 0 bridgehead atoms. The smallest absolute Gasteiger partial charge is 0.338 e. The predicted octanol–water partition coefficient (Wildman–Crippen LogP) is 4.04. The number of hydrogen-bond acceptors (Lipinski definition) is 6. The first-order valence-corrected chi connectivity index (χ1v) is 9.17. The van der Waals surface area contributed by atoms with Gasteiger partial charge in [0.25, 0.3) is 5.91 Å². The topological polar surface area (TPSA) is 93.8 Å². The summed E-state index contributed by atoms with van der Waals surface area (Å²) >= 11 is 3.26. The van der Waals surface area contributed by atoms with Crippen LogP contribution in [0.3, 0.4) is 0 Å². The van der Waals surface area contributed by atoms with Gasteiger partial charge in [-0.3, -0.25) is 9.78 Å². The van der Waals surface area contributed by atoms with Gasteiger partial charge in [0, 0.05) is 22.4 Å². The molecular formula is C20H16BrN3O4. The van der Waals surface area contributed by atoms with Crippen LogP contribution in [-0.2, 0) is 4.74 Å². The molecule has 0 radical (unpaired) electrons. The van der Waals surface area contributed by atoms with Crippen molar-refractivity contribution in [1.29, 1.82) is 0 Å². The highest BCUT2D eigenvalue weighted by atomic mass is 79.9. The van der Waals surface area contributed by atoms with Crippen LogP contribution >= 0.6 is 15.9 Å². The van der Waals surface area contributed by atoms with Crippen molar-refractivity contribution in [3.8, 4) is 11.3 Å². The number of carbonyl (C=O) groups excluding carboxylic acids is 2. The Morgan fingerprint density at radius 3 is 2.68 bits per heavy atom. The third-order valence-electron chi connectivity index (χ3n) is 3.63. The number of esters is 1. The van der Waals surface area contributed by atoms with E-state index in [0.29, 0.717) is 33.7 Å². The SMILES string of the molecule is CCOC(=O)c1ccc(-c2ccc(/C=N\NC(=O)c3cncc(Br)c3)o2)cc1. The second-order valence-corrected chi connectivity index (χ2v) is 6.51. The van der Waals surface area contributed by atoms with Crippen molar-refractivity contribution < 1.29 is 18.7 Å². The fourth-order valence-corrected chi connectivity index (χ4v) is 2.68. The van der Waals surface area contributed by atoms with Crippen LogP contribution in [0.2, 0.25) is 0 Å². The number of rotatable bonds is 6. The van der Waals surface area contributed by atoms with Crippen molar-refractivity contribution in [1.82, 2.24) is 10.4 Å². The third kappa shape index (κ3) is 4.92. The molecule has 2 heterocycles. The largest absolute Gasteiger partial charge is 0.462 e. The molecule has 0 saturated carbocycles. The van der Waals surface area contributed by atoms with Crippen molar-refractivity contribution in [3.63, 3.8) is 0 Å². The fourth-order valence-electron chi connectivity index (χ4n) is 2.32. The summed E-state index contributed by atoms with van der Waals surface area (Å²) < 4.78 is 11.3. The minimum Gasteiger partial charge on any atom is -0.462 e. The van der Waals surface area contributed by atoms with Gasteiger partial charge in [-0.2, -0.15) is 5.10 Å². The first-order chi connectivity index (χ1) is 13.6. The van der Waals surface area contributed by atoms with E-state index in [1.807, 2.05) is 0 Å². The zero-order valence-electron chi connectivity index (χ0n) is 14.9. The number of carbonyl (C=O) groups is 2. The van der Waals surface area contributed by atoms with Crippen LogP contribution in [0.25, 0.3) is 11.3 Å². The summed E-state index contributed by atoms with van der Waals surface area (Å²) in [6.07, 6.45) is 4.43. The summed E-state index contributed by atoms with van der Waals surface area (Å²) in [5.74, 6) is 0.334. The lowest BCUT2D eigenvalue weighted by Crippen LogP contribution is -2.17. The van der Waals surface area contributed by atoms with E-state index in [1.54, 1.807) is 55.6 Å². The standard InChI is InChI=1S/C20H16BrN3O4/c1-2-27-20(26)14-5-3-13(4-6-14)18-8-7-17(28-18)12-23-24-19(25)15-9-16(21)11-22-10-15/h3-12H,2H2,1H3,(H,24,25)/b23-12-. The lowest BCUT2D eigenvalue weighted by atomic mass is 10.1. The summed E-state index contributed by atoms with van der Waals surface area (Å²) in [6.45, 7) is 2.09. The number of aromatic nitrogens is 1. The average Bonchev–Trinajstić information content (AvgIpc) is 3.17. The van der Waals surface area contributed by atoms with Gasteiger partial charge in [-0.25, -0.2) is 10.2 Å². The summed E-state index contributed by atoms with van der Waals surface area (Å²) in [4.78, 5) is 27.6. The Bertz CT molecular complexity index is 1010. The molecule has 3 aromatic rings. The van der Waals surface area contributed by atoms with E-state index in [0.717, 1.165) is 5.56 Å². The highest BCUT2D eigenvalue weighted by Gasteiger charge is 2.09. The third-order valence-corrected chi connectivity index (χ3v) is 4.07. The predicted molar refractivity (Wildman–Crippen MR) is 107 cm³/mol. The van der Waals surface area contributed by atoms with Gasteiger partial charge in [0.2, 0.25) is 0 Å². The van der Waals surface area contributed by atoms with Crippen LogP contribution in [0.15, 0.2) is 68.8 Å². The van der Waals surface area contributed by atoms with E-state index < -0.39 is 0 Å². The van der Waals surface area contributed by atoms with Gasteiger partial charge in [0.05, 0.1) is 23.9 Å². The van der Waals surface area contributed by atoms with Crippen LogP contribution in [0.1, 0.15) is 33.4 Å². The van der Waals surface area contributed by atoms with E-state index >= 15 is 0 Å². The van der Waals surface area contributed by atoms with E-state index in [-0.39, 0.29) is 11.9 Å². The summed E-state index contributed by atoms with van der Waals surface area (Å²) in [5.41, 5.74) is 4.07. The minimum absolute atomic E-state index is 0.329. The van der Waals surface area contributed by atoms with Crippen molar-refractivity contribution in [2.75, 3.05) is 6.61 Å². The molecule has 8 heteroatoms. The highest BCUT2D eigenvalue weighted by Crippen LogP contribution is 2.22. The molecule has 0 aliphatic carbocycles. The normalized spacial score (nSPS) is 10.8. The molecule has 0 atom stereocenters. The number of hydrogen-bond donors (Lipinski definition) is 1. The van der Waals surface area contributed by atoms with Crippen LogP contribution in [0, 0.1) is 0 Å².